The zero-order valence-electron chi connectivity index (χ0n) is 12.6. The highest BCUT2D eigenvalue weighted by atomic mass is 35.5. The molecule has 1 aromatic heterocycles. The van der Waals surface area contributed by atoms with Gasteiger partial charge in [-0.05, 0) is 49.5 Å². The number of hydrogen-bond acceptors (Lipinski definition) is 3. The molecule has 0 spiro atoms. The highest BCUT2D eigenvalue weighted by molar-refractivity contribution is 7.12. The molecule has 6 heteroatoms. The fourth-order valence-electron chi connectivity index (χ4n) is 2.98. The molecule has 3 nitrogen and oxygen atoms in total. The first-order chi connectivity index (χ1) is 11.2. The maximum absolute atomic E-state index is 14.3. The fourth-order valence-corrected chi connectivity index (χ4v) is 3.91. The quantitative estimate of drug-likeness (QED) is 0.878. The molecule has 3 rings (SSSR count). The van der Waals surface area contributed by atoms with Crippen molar-refractivity contribution in [2.24, 2.45) is 0 Å². The molecule has 1 aliphatic heterocycles. The first-order valence-corrected chi connectivity index (χ1v) is 8.92. The van der Waals surface area contributed by atoms with Crippen molar-refractivity contribution in [2.45, 2.75) is 18.9 Å². The van der Waals surface area contributed by atoms with Gasteiger partial charge in [-0.3, -0.25) is 9.69 Å². The summed E-state index contributed by atoms with van der Waals surface area (Å²) in [5.41, 5.74) is 0.475. The van der Waals surface area contributed by atoms with Gasteiger partial charge in [-0.2, -0.15) is 0 Å². The second-order valence-electron chi connectivity index (χ2n) is 5.58. The average Bonchev–Trinajstić information content (AvgIpc) is 3.22. The van der Waals surface area contributed by atoms with Crippen molar-refractivity contribution in [3.63, 3.8) is 0 Å². The van der Waals surface area contributed by atoms with Crippen LogP contribution in [0.2, 0.25) is 5.02 Å². The highest BCUT2D eigenvalue weighted by Gasteiger charge is 2.28. The van der Waals surface area contributed by atoms with E-state index in [4.69, 9.17) is 11.6 Å². The van der Waals surface area contributed by atoms with E-state index in [0.717, 1.165) is 25.9 Å². The fraction of sp³-hybridized carbons (Fsp3) is 0.353. The summed E-state index contributed by atoms with van der Waals surface area (Å²) in [6, 6.07) is 8.10. The summed E-state index contributed by atoms with van der Waals surface area (Å²) in [6.07, 6.45) is 2.17. The van der Waals surface area contributed by atoms with Gasteiger partial charge >= 0.3 is 0 Å². The van der Waals surface area contributed by atoms with Crippen LogP contribution in [-0.2, 0) is 0 Å². The minimum atomic E-state index is -0.320. The lowest BCUT2D eigenvalue weighted by molar-refractivity contribution is 0.0941. The van der Waals surface area contributed by atoms with Gasteiger partial charge in [-0.1, -0.05) is 23.7 Å². The van der Waals surface area contributed by atoms with Crippen LogP contribution in [0.5, 0.6) is 0 Å². The molecule has 0 radical (unpaired) electrons. The average molecular weight is 353 g/mol. The number of halogens is 2. The Morgan fingerprint density at radius 3 is 2.74 bits per heavy atom. The molecule has 23 heavy (non-hydrogen) atoms. The summed E-state index contributed by atoms with van der Waals surface area (Å²) in [4.78, 5) is 15.0. The van der Waals surface area contributed by atoms with E-state index in [1.165, 1.54) is 17.4 Å². The van der Waals surface area contributed by atoms with Crippen molar-refractivity contribution in [2.75, 3.05) is 19.6 Å². The van der Waals surface area contributed by atoms with Gasteiger partial charge in [-0.15, -0.1) is 11.3 Å². The maximum Gasteiger partial charge on any atom is 0.261 e. The number of hydrogen-bond donors (Lipinski definition) is 1. The zero-order chi connectivity index (χ0) is 16.2. The molecule has 0 bridgehead atoms. The summed E-state index contributed by atoms with van der Waals surface area (Å²) in [5.74, 6) is -0.448. The first kappa shape index (κ1) is 16.4. The molecule has 1 fully saturated rings. The second-order valence-corrected chi connectivity index (χ2v) is 6.94. The van der Waals surface area contributed by atoms with E-state index in [1.54, 1.807) is 18.2 Å². The molecule has 0 aliphatic carbocycles. The van der Waals surface area contributed by atoms with Gasteiger partial charge in [-0.25, -0.2) is 4.39 Å². The lowest BCUT2D eigenvalue weighted by Gasteiger charge is -2.29. The van der Waals surface area contributed by atoms with Crippen LogP contribution >= 0.6 is 22.9 Å². The number of amides is 1. The normalized spacial score (nSPS) is 16.4. The number of likely N-dealkylation sites (tertiary alicyclic amines) is 1. The number of nitrogens with one attached hydrogen (secondary N) is 1. The summed E-state index contributed by atoms with van der Waals surface area (Å²) in [7, 11) is 0. The van der Waals surface area contributed by atoms with Crippen LogP contribution in [0.25, 0.3) is 0 Å². The van der Waals surface area contributed by atoms with E-state index >= 15 is 0 Å². The Labute approximate surface area is 144 Å². The molecule has 122 valence electrons. The third-order valence-electron chi connectivity index (χ3n) is 4.12. The van der Waals surface area contributed by atoms with Crippen LogP contribution in [0.4, 0.5) is 4.39 Å². The Kier molecular flexibility index (Phi) is 5.30. The van der Waals surface area contributed by atoms with Crippen molar-refractivity contribution in [3.8, 4) is 0 Å². The van der Waals surface area contributed by atoms with E-state index in [2.05, 4.69) is 10.2 Å². The largest absolute Gasteiger partial charge is 0.349 e. The molecule has 0 saturated carbocycles. The number of carbonyl (C=O) groups is 1. The summed E-state index contributed by atoms with van der Waals surface area (Å²) < 4.78 is 14.3. The van der Waals surface area contributed by atoms with Crippen molar-refractivity contribution >= 4 is 28.8 Å². The molecule has 1 aliphatic rings. The molecule has 1 amide bonds. The van der Waals surface area contributed by atoms with Crippen molar-refractivity contribution in [3.05, 3.63) is 57.0 Å². The van der Waals surface area contributed by atoms with E-state index in [1.807, 2.05) is 11.4 Å². The molecule has 1 atom stereocenters. The van der Waals surface area contributed by atoms with Gasteiger partial charge in [0, 0.05) is 17.1 Å². The van der Waals surface area contributed by atoms with E-state index in [0.29, 0.717) is 22.0 Å². The van der Waals surface area contributed by atoms with Crippen molar-refractivity contribution in [1.29, 1.82) is 0 Å². The number of nitrogens with zero attached hydrogens (tertiary/aromatic N) is 1. The van der Waals surface area contributed by atoms with Gasteiger partial charge in [0.05, 0.1) is 10.9 Å². The molecule has 1 saturated heterocycles. The molecule has 1 unspecified atom stereocenters. The molecule has 1 aromatic carbocycles. The second kappa shape index (κ2) is 7.43. The van der Waals surface area contributed by atoms with Gasteiger partial charge in [0.1, 0.15) is 5.82 Å². The lowest BCUT2D eigenvalue weighted by Crippen LogP contribution is -2.37. The molecular formula is C17H18ClFN2OS. The van der Waals surface area contributed by atoms with Gasteiger partial charge < -0.3 is 5.32 Å². The lowest BCUT2D eigenvalue weighted by atomic mass is 10.0. The van der Waals surface area contributed by atoms with Crippen molar-refractivity contribution in [1.82, 2.24) is 10.2 Å². The van der Waals surface area contributed by atoms with Crippen LogP contribution in [0.1, 0.15) is 34.1 Å². The maximum atomic E-state index is 14.3. The topological polar surface area (TPSA) is 32.3 Å². The van der Waals surface area contributed by atoms with E-state index in [9.17, 15) is 9.18 Å². The summed E-state index contributed by atoms with van der Waals surface area (Å²) in [5, 5.41) is 5.19. The minimum absolute atomic E-state index is 0.128. The van der Waals surface area contributed by atoms with Crippen LogP contribution in [-0.4, -0.2) is 30.4 Å². The number of rotatable bonds is 5. The standard InChI is InChI=1S/C17H18ClFN2OS/c18-12-5-3-6-13(19)16(12)14(21-8-1-2-9-21)11-20-17(22)15-7-4-10-23-15/h3-7,10,14H,1-2,8-9,11H2,(H,20,22). The van der Waals surface area contributed by atoms with Gasteiger partial charge in [0.15, 0.2) is 0 Å². The Bertz CT molecular complexity index is 651. The summed E-state index contributed by atoms with van der Waals surface area (Å²) >= 11 is 7.63. The summed E-state index contributed by atoms with van der Waals surface area (Å²) in [6.45, 7) is 2.13. The van der Waals surface area contributed by atoms with E-state index < -0.39 is 0 Å². The Hall–Kier alpha value is -1.43. The number of carbonyl (C=O) groups excluding carboxylic acids is 1. The molecule has 2 heterocycles. The molecule has 2 aromatic rings. The minimum Gasteiger partial charge on any atom is -0.349 e. The van der Waals surface area contributed by atoms with Crippen molar-refractivity contribution < 1.29 is 9.18 Å². The Morgan fingerprint density at radius 2 is 2.09 bits per heavy atom. The molecular weight excluding hydrogens is 335 g/mol. The van der Waals surface area contributed by atoms with Crippen LogP contribution in [0, 0.1) is 5.82 Å². The predicted octanol–water partition coefficient (Wildman–Crippen LogP) is 4.11. The number of thiophene rings is 1. The third kappa shape index (κ3) is 3.74. The smallest absolute Gasteiger partial charge is 0.261 e. The van der Waals surface area contributed by atoms with Crippen LogP contribution in [0.3, 0.4) is 0 Å². The zero-order valence-corrected chi connectivity index (χ0v) is 14.2. The Balaban J connectivity index is 1.80. The Morgan fingerprint density at radius 1 is 1.30 bits per heavy atom. The first-order valence-electron chi connectivity index (χ1n) is 7.66. The number of benzene rings is 1. The van der Waals surface area contributed by atoms with Gasteiger partial charge in [0.25, 0.3) is 5.91 Å². The highest BCUT2D eigenvalue weighted by Crippen LogP contribution is 2.32. The third-order valence-corrected chi connectivity index (χ3v) is 5.31. The van der Waals surface area contributed by atoms with Gasteiger partial charge in [0.2, 0.25) is 0 Å². The monoisotopic (exact) mass is 352 g/mol. The van der Waals surface area contributed by atoms with Crippen LogP contribution in [0.15, 0.2) is 35.7 Å². The van der Waals surface area contributed by atoms with Crippen LogP contribution < -0.4 is 5.32 Å². The predicted molar refractivity (Wildman–Crippen MR) is 91.6 cm³/mol. The van der Waals surface area contributed by atoms with E-state index in [-0.39, 0.29) is 17.8 Å². The molecule has 1 N–H and O–H groups in total. The SMILES string of the molecule is O=C(NCC(c1c(F)cccc1Cl)N1CCCC1)c1cccs1.